The number of anilines is 1. The number of aliphatic hydroxyl groups excluding tert-OH is 1. The average Bonchev–Trinajstić information content (AvgIpc) is 2.96. The van der Waals surface area contributed by atoms with Gasteiger partial charge in [-0.25, -0.2) is 4.79 Å². The highest BCUT2D eigenvalue weighted by Crippen LogP contribution is 2.29. The summed E-state index contributed by atoms with van der Waals surface area (Å²) in [4.78, 5) is 13.7. The number of carbonyl (C=O) groups is 1. The summed E-state index contributed by atoms with van der Waals surface area (Å²) in [7, 11) is 0. The van der Waals surface area contributed by atoms with E-state index < -0.39 is 17.8 Å². The van der Waals surface area contributed by atoms with E-state index in [0.717, 1.165) is 12.1 Å². The molecule has 0 bridgehead atoms. The minimum absolute atomic E-state index is 0.208. The molecular weight excluding hydrogens is 327 g/mol. The summed E-state index contributed by atoms with van der Waals surface area (Å²) in [6, 6.07) is 3.80. The summed E-state index contributed by atoms with van der Waals surface area (Å²) in [5.41, 5.74) is -0.501. The molecule has 10 heteroatoms. The molecule has 24 heavy (non-hydrogen) atoms. The van der Waals surface area contributed by atoms with Gasteiger partial charge in [-0.15, -0.1) is 10.2 Å². The molecule has 0 saturated heterocycles. The van der Waals surface area contributed by atoms with Crippen molar-refractivity contribution in [3.8, 4) is 0 Å². The van der Waals surface area contributed by atoms with Crippen LogP contribution in [0.15, 0.2) is 24.3 Å². The first-order chi connectivity index (χ1) is 11.4. The first-order valence-electron chi connectivity index (χ1n) is 7.13. The van der Waals surface area contributed by atoms with Gasteiger partial charge in [-0.05, 0) is 24.3 Å². The van der Waals surface area contributed by atoms with Crippen LogP contribution in [0.25, 0.3) is 0 Å². The van der Waals surface area contributed by atoms with Crippen molar-refractivity contribution in [2.24, 2.45) is 0 Å². The molecule has 0 fully saturated rings. The lowest BCUT2D eigenvalue weighted by Gasteiger charge is -2.27. The van der Waals surface area contributed by atoms with Crippen LogP contribution in [0.3, 0.4) is 0 Å². The Kier molecular flexibility index (Phi) is 4.14. The molecule has 1 aromatic carbocycles. The van der Waals surface area contributed by atoms with Crippen molar-refractivity contribution in [3.05, 3.63) is 41.5 Å². The minimum atomic E-state index is -4.41. The second-order valence-corrected chi connectivity index (χ2v) is 5.27. The highest BCUT2D eigenvalue weighted by Gasteiger charge is 2.30. The molecule has 1 aromatic heterocycles. The highest BCUT2D eigenvalue weighted by atomic mass is 19.4. The van der Waals surface area contributed by atoms with Crippen LogP contribution in [-0.2, 0) is 25.9 Å². The van der Waals surface area contributed by atoms with Crippen LogP contribution in [0.4, 0.5) is 23.7 Å². The molecule has 2 heterocycles. The number of fused-ring (bicyclic) bond motifs is 1. The van der Waals surface area contributed by atoms with E-state index in [0.29, 0.717) is 24.7 Å². The number of alkyl halides is 3. The second-order valence-electron chi connectivity index (χ2n) is 5.27. The molecule has 2 aromatic rings. The summed E-state index contributed by atoms with van der Waals surface area (Å²) in [6.45, 7) is 0.799. The van der Waals surface area contributed by atoms with Crippen molar-refractivity contribution < 1.29 is 23.1 Å². The standard InChI is InChI=1S/C14H14F3N5O2/c15-14(16,17)9-1-3-10(4-2-9)18-13(24)21-5-6-22-11(7-21)19-20-12(22)8-23/h1-4,23H,5-8H2,(H,18,24). The monoisotopic (exact) mass is 341 g/mol. The predicted molar refractivity (Wildman–Crippen MR) is 76.8 cm³/mol. The number of amides is 2. The highest BCUT2D eigenvalue weighted by molar-refractivity contribution is 5.89. The lowest BCUT2D eigenvalue weighted by Crippen LogP contribution is -2.41. The zero-order valence-electron chi connectivity index (χ0n) is 12.4. The van der Waals surface area contributed by atoms with Crippen molar-refractivity contribution in [2.75, 3.05) is 11.9 Å². The predicted octanol–water partition coefficient (Wildman–Crippen LogP) is 1.84. The zero-order chi connectivity index (χ0) is 17.3. The van der Waals surface area contributed by atoms with E-state index >= 15 is 0 Å². The third kappa shape index (κ3) is 3.18. The van der Waals surface area contributed by atoms with Gasteiger partial charge < -0.3 is 19.9 Å². The van der Waals surface area contributed by atoms with Gasteiger partial charge in [0.05, 0.1) is 12.1 Å². The van der Waals surface area contributed by atoms with Crippen LogP contribution in [0.2, 0.25) is 0 Å². The number of hydrogen-bond acceptors (Lipinski definition) is 4. The van der Waals surface area contributed by atoms with Crippen molar-refractivity contribution in [1.82, 2.24) is 19.7 Å². The Morgan fingerprint density at radius 2 is 1.92 bits per heavy atom. The van der Waals surface area contributed by atoms with Crippen molar-refractivity contribution in [3.63, 3.8) is 0 Å². The van der Waals surface area contributed by atoms with Crippen molar-refractivity contribution >= 4 is 11.7 Å². The molecule has 0 aliphatic carbocycles. The van der Waals surface area contributed by atoms with Gasteiger partial charge >= 0.3 is 12.2 Å². The summed E-state index contributed by atoms with van der Waals surface area (Å²) in [6.07, 6.45) is -4.41. The lowest BCUT2D eigenvalue weighted by molar-refractivity contribution is -0.137. The quantitative estimate of drug-likeness (QED) is 0.873. The molecule has 1 aliphatic rings. The van der Waals surface area contributed by atoms with Gasteiger partial charge in [-0.2, -0.15) is 13.2 Å². The fourth-order valence-corrected chi connectivity index (χ4v) is 2.45. The summed E-state index contributed by atoms with van der Waals surface area (Å²) >= 11 is 0. The first-order valence-corrected chi connectivity index (χ1v) is 7.13. The van der Waals surface area contributed by atoms with Gasteiger partial charge in [0, 0.05) is 18.8 Å². The Morgan fingerprint density at radius 1 is 1.21 bits per heavy atom. The molecule has 2 amide bonds. The van der Waals surface area contributed by atoms with E-state index in [1.54, 1.807) is 4.57 Å². The maximum absolute atomic E-state index is 12.5. The molecule has 7 nitrogen and oxygen atoms in total. The Hall–Kier alpha value is -2.62. The summed E-state index contributed by atoms with van der Waals surface area (Å²) in [5.74, 6) is 0.987. The maximum atomic E-state index is 12.5. The number of benzene rings is 1. The van der Waals surface area contributed by atoms with Gasteiger partial charge in [-0.3, -0.25) is 0 Å². The van der Waals surface area contributed by atoms with E-state index in [9.17, 15) is 18.0 Å². The van der Waals surface area contributed by atoms with E-state index in [1.807, 2.05) is 0 Å². The molecule has 0 radical (unpaired) electrons. The molecule has 1 aliphatic heterocycles. The average molecular weight is 341 g/mol. The van der Waals surface area contributed by atoms with E-state index in [1.165, 1.54) is 17.0 Å². The molecule has 0 saturated carbocycles. The number of urea groups is 1. The third-order valence-corrected chi connectivity index (χ3v) is 3.72. The van der Waals surface area contributed by atoms with Gasteiger partial charge in [0.2, 0.25) is 0 Å². The van der Waals surface area contributed by atoms with E-state index in [4.69, 9.17) is 5.11 Å². The number of nitrogens with zero attached hydrogens (tertiary/aromatic N) is 4. The Morgan fingerprint density at radius 3 is 2.54 bits per heavy atom. The molecule has 0 spiro atoms. The van der Waals surface area contributed by atoms with Crippen LogP contribution >= 0.6 is 0 Å². The topological polar surface area (TPSA) is 83.3 Å². The van der Waals surface area contributed by atoms with Gasteiger partial charge in [0.15, 0.2) is 11.6 Å². The lowest BCUT2D eigenvalue weighted by atomic mass is 10.2. The fourth-order valence-electron chi connectivity index (χ4n) is 2.45. The molecule has 128 valence electrons. The molecule has 0 atom stereocenters. The first kappa shape index (κ1) is 16.2. The van der Waals surface area contributed by atoms with E-state index in [2.05, 4.69) is 15.5 Å². The normalized spacial score (nSPS) is 14.4. The van der Waals surface area contributed by atoms with Crippen LogP contribution < -0.4 is 5.32 Å². The number of nitrogens with one attached hydrogen (secondary N) is 1. The van der Waals surface area contributed by atoms with Crippen molar-refractivity contribution in [1.29, 1.82) is 0 Å². The summed E-state index contributed by atoms with van der Waals surface area (Å²) < 4.78 is 39.3. The Bertz CT molecular complexity index is 742. The third-order valence-electron chi connectivity index (χ3n) is 3.72. The smallest absolute Gasteiger partial charge is 0.388 e. The number of aromatic nitrogens is 3. The minimum Gasteiger partial charge on any atom is -0.388 e. The molecule has 3 rings (SSSR count). The maximum Gasteiger partial charge on any atom is 0.416 e. The van der Waals surface area contributed by atoms with Crippen LogP contribution in [-0.4, -0.2) is 37.3 Å². The number of rotatable bonds is 2. The second kappa shape index (κ2) is 6.11. The van der Waals surface area contributed by atoms with E-state index in [-0.39, 0.29) is 18.8 Å². The number of carbonyl (C=O) groups excluding carboxylic acids is 1. The summed E-state index contributed by atoms with van der Waals surface area (Å²) in [5, 5.41) is 19.4. The SMILES string of the molecule is O=C(Nc1ccc(C(F)(F)F)cc1)N1CCn2c(CO)nnc2C1. The van der Waals surface area contributed by atoms with Gasteiger partial charge in [0.1, 0.15) is 6.61 Å². The van der Waals surface area contributed by atoms with Gasteiger partial charge in [0.25, 0.3) is 0 Å². The molecular formula is C14H14F3N5O2. The fraction of sp³-hybridized carbons (Fsp3) is 0.357. The Balaban J connectivity index is 1.65. The molecule has 2 N–H and O–H groups in total. The van der Waals surface area contributed by atoms with Crippen LogP contribution in [0.1, 0.15) is 17.2 Å². The number of aliphatic hydroxyl groups is 1. The zero-order valence-corrected chi connectivity index (χ0v) is 12.4. The number of hydrogen-bond donors (Lipinski definition) is 2. The van der Waals surface area contributed by atoms with Gasteiger partial charge in [-0.1, -0.05) is 0 Å². The van der Waals surface area contributed by atoms with Crippen LogP contribution in [0.5, 0.6) is 0 Å². The molecule has 0 unspecified atom stereocenters. The number of halogens is 3. The van der Waals surface area contributed by atoms with Crippen molar-refractivity contribution in [2.45, 2.75) is 25.9 Å². The van der Waals surface area contributed by atoms with Crippen LogP contribution in [0, 0.1) is 0 Å². The largest absolute Gasteiger partial charge is 0.416 e. The Labute approximate surface area is 134 Å².